The van der Waals surface area contributed by atoms with Crippen LogP contribution in [0.4, 0.5) is 0 Å². The number of nitrogens with one attached hydrogen (secondary N) is 1. The smallest absolute Gasteiger partial charge is 0.254 e. The summed E-state index contributed by atoms with van der Waals surface area (Å²) in [6, 6.07) is 1.89. The molecule has 7 nitrogen and oxygen atoms in total. The van der Waals surface area contributed by atoms with Gasteiger partial charge >= 0.3 is 0 Å². The van der Waals surface area contributed by atoms with E-state index in [1.54, 1.807) is 0 Å². The summed E-state index contributed by atoms with van der Waals surface area (Å²) in [4.78, 5) is 38.3. The van der Waals surface area contributed by atoms with Crippen LogP contribution in [-0.4, -0.2) is 47.5 Å². The van der Waals surface area contributed by atoms with Gasteiger partial charge in [0.15, 0.2) is 0 Å². The third-order valence-electron chi connectivity index (χ3n) is 2.74. The monoisotopic (exact) mass is 251 g/mol. The van der Waals surface area contributed by atoms with E-state index in [-0.39, 0.29) is 24.3 Å². The quantitative estimate of drug-likeness (QED) is 0.681. The van der Waals surface area contributed by atoms with Crippen molar-refractivity contribution in [2.24, 2.45) is 5.73 Å². The average molecular weight is 251 g/mol. The van der Waals surface area contributed by atoms with Gasteiger partial charge in [-0.25, -0.2) is 0 Å². The van der Waals surface area contributed by atoms with Gasteiger partial charge in [0, 0.05) is 24.4 Å². The molecule has 0 radical (unpaired) electrons. The Morgan fingerprint density at radius 3 is 2.94 bits per heavy atom. The zero-order chi connectivity index (χ0) is 13.1. The van der Waals surface area contributed by atoms with Crippen molar-refractivity contribution in [1.82, 2.24) is 9.88 Å². The summed E-state index contributed by atoms with van der Waals surface area (Å²) in [5.41, 5.74) is 5.08. The molecule has 1 aromatic heterocycles. The summed E-state index contributed by atoms with van der Waals surface area (Å²) >= 11 is 0. The normalized spacial score (nSPS) is 19.6. The van der Waals surface area contributed by atoms with E-state index >= 15 is 0 Å². The maximum Gasteiger partial charge on any atom is 0.254 e. The van der Waals surface area contributed by atoms with E-state index < -0.39 is 17.9 Å². The average Bonchev–Trinajstić information content (AvgIpc) is 2.38. The number of ether oxygens (including phenoxy) is 1. The van der Waals surface area contributed by atoms with Crippen LogP contribution in [0.5, 0.6) is 0 Å². The SMILES string of the molecule is NC(=O)C1COCCN1C(=O)c1cc[nH]c(=O)c1. The number of nitrogens with two attached hydrogens (primary N) is 1. The first-order valence-electron chi connectivity index (χ1n) is 5.46. The van der Waals surface area contributed by atoms with Gasteiger partial charge in [-0.2, -0.15) is 0 Å². The molecular weight excluding hydrogens is 238 g/mol. The van der Waals surface area contributed by atoms with E-state index in [9.17, 15) is 14.4 Å². The number of aromatic amines is 1. The largest absolute Gasteiger partial charge is 0.377 e. The predicted octanol–water partition coefficient (Wildman–Crippen LogP) is -1.30. The molecule has 18 heavy (non-hydrogen) atoms. The van der Waals surface area contributed by atoms with Crippen molar-refractivity contribution >= 4 is 11.8 Å². The molecular formula is C11H13N3O4. The minimum atomic E-state index is -0.787. The highest BCUT2D eigenvalue weighted by Gasteiger charge is 2.31. The summed E-state index contributed by atoms with van der Waals surface area (Å²) in [5.74, 6) is -1.01. The number of primary amides is 1. The van der Waals surface area contributed by atoms with Crippen LogP contribution in [0.15, 0.2) is 23.1 Å². The number of carbonyl (C=O) groups excluding carboxylic acids is 2. The number of morpholine rings is 1. The highest BCUT2D eigenvalue weighted by molar-refractivity contribution is 5.97. The van der Waals surface area contributed by atoms with Crippen LogP contribution < -0.4 is 11.3 Å². The maximum absolute atomic E-state index is 12.2. The van der Waals surface area contributed by atoms with Gasteiger partial charge in [0.2, 0.25) is 11.5 Å². The van der Waals surface area contributed by atoms with Gasteiger partial charge < -0.3 is 20.4 Å². The van der Waals surface area contributed by atoms with Crippen molar-refractivity contribution < 1.29 is 14.3 Å². The molecule has 0 aliphatic carbocycles. The molecule has 3 N–H and O–H groups in total. The topological polar surface area (TPSA) is 105 Å². The van der Waals surface area contributed by atoms with Crippen LogP contribution in [0.3, 0.4) is 0 Å². The van der Waals surface area contributed by atoms with Crippen molar-refractivity contribution in [2.75, 3.05) is 19.8 Å². The Balaban J connectivity index is 2.26. The summed E-state index contributed by atoms with van der Waals surface area (Å²) in [6.45, 7) is 0.711. The molecule has 0 bridgehead atoms. The number of amides is 2. The molecule has 96 valence electrons. The maximum atomic E-state index is 12.2. The molecule has 2 heterocycles. The first kappa shape index (κ1) is 12.3. The second-order valence-electron chi connectivity index (χ2n) is 3.93. The van der Waals surface area contributed by atoms with Crippen LogP contribution in [0.25, 0.3) is 0 Å². The summed E-state index contributed by atoms with van der Waals surface area (Å²) in [5, 5.41) is 0. The number of aromatic nitrogens is 1. The van der Waals surface area contributed by atoms with Crippen molar-refractivity contribution in [3.63, 3.8) is 0 Å². The zero-order valence-corrected chi connectivity index (χ0v) is 9.59. The van der Waals surface area contributed by atoms with Gasteiger partial charge in [-0.3, -0.25) is 14.4 Å². The molecule has 2 amide bonds. The number of rotatable bonds is 2. The molecule has 1 aliphatic heterocycles. The van der Waals surface area contributed by atoms with Gasteiger partial charge in [0.25, 0.3) is 5.91 Å². The van der Waals surface area contributed by atoms with Crippen LogP contribution in [0.1, 0.15) is 10.4 Å². The number of H-pyrrole nitrogens is 1. The Bertz CT molecular complexity index is 525. The lowest BCUT2D eigenvalue weighted by atomic mass is 10.1. The summed E-state index contributed by atoms with van der Waals surface area (Å²) in [6.07, 6.45) is 1.38. The first-order valence-corrected chi connectivity index (χ1v) is 5.46. The zero-order valence-electron chi connectivity index (χ0n) is 9.59. The second-order valence-corrected chi connectivity index (χ2v) is 3.93. The Morgan fingerprint density at radius 1 is 1.50 bits per heavy atom. The van der Waals surface area contributed by atoms with Crippen molar-refractivity contribution in [2.45, 2.75) is 6.04 Å². The van der Waals surface area contributed by atoms with Gasteiger partial charge in [0.1, 0.15) is 6.04 Å². The number of pyridine rings is 1. The second kappa shape index (κ2) is 5.01. The predicted molar refractivity (Wildman–Crippen MR) is 61.9 cm³/mol. The fourth-order valence-corrected chi connectivity index (χ4v) is 1.83. The van der Waals surface area contributed by atoms with E-state index in [2.05, 4.69) is 4.98 Å². The van der Waals surface area contributed by atoms with Gasteiger partial charge in [0.05, 0.1) is 13.2 Å². The van der Waals surface area contributed by atoms with Crippen LogP contribution in [0.2, 0.25) is 0 Å². The first-order chi connectivity index (χ1) is 8.59. The lowest BCUT2D eigenvalue weighted by molar-refractivity contribution is -0.127. The molecule has 0 aromatic carbocycles. The van der Waals surface area contributed by atoms with Crippen LogP contribution >= 0.6 is 0 Å². The van der Waals surface area contributed by atoms with Gasteiger partial charge in [-0.1, -0.05) is 0 Å². The van der Waals surface area contributed by atoms with E-state index in [4.69, 9.17) is 10.5 Å². The minimum Gasteiger partial charge on any atom is -0.377 e. The van der Waals surface area contributed by atoms with Crippen molar-refractivity contribution in [1.29, 1.82) is 0 Å². The molecule has 1 atom stereocenters. The Kier molecular flexibility index (Phi) is 3.42. The molecule has 1 aliphatic rings. The highest BCUT2D eigenvalue weighted by atomic mass is 16.5. The number of carbonyl (C=O) groups is 2. The fourth-order valence-electron chi connectivity index (χ4n) is 1.83. The van der Waals surface area contributed by atoms with Crippen molar-refractivity contribution in [3.8, 4) is 0 Å². The van der Waals surface area contributed by atoms with E-state index in [0.717, 1.165) is 0 Å². The molecule has 0 saturated carbocycles. The fraction of sp³-hybridized carbons (Fsp3) is 0.364. The Hall–Kier alpha value is -2.15. The summed E-state index contributed by atoms with van der Waals surface area (Å²) in [7, 11) is 0. The van der Waals surface area contributed by atoms with Gasteiger partial charge in [-0.15, -0.1) is 0 Å². The van der Waals surface area contributed by atoms with Gasteiger partial charge in [-0.05, 0) is 6.07 Å². The van der Waals surface area contributed by atoms with E-state index in [1.165, 1.54) is 23.2 Å². The standard InChI is InChI=1S/C11H13N3O4/c12-10(16)8-6-18-4-3-14(8)11(17)7-1-2-13-9(15)5-7/h1-2,5,8H,3-4,6H2,(H2,12,16)(H,13,15). The number of nitrogens with zero attached hydrogens (tertiary/aromatic N) is 1. The molecule has 2 rings (SSSR count). The third kappa shape index (κ3) is 2.40. The molecule has 7 heteroatoms. The molecule has 0 spiro atoms. The minimum absolute atomic E-state index is 0.0876. The molecule has 1 fully saturated rings. The molecule has 1 unspecified atom stereocenters. The summed E-state index contributed by atoms with van der Waals surface area (Å²) < 4.78 is 5.12. The lowest BCUT2D eigenvalue weighted by Gasteiger charge is -2.33. The molecule has 1 saturated heterocycles. The van der Waals surface area contributed by atoms with Crippen LogP contribution in [0, 0.1) is 0 Å². The Labute approximate surface area is 103 Å². The van der Waals surface area contributed by atoms with Crippen LogP contribution in [-0.2, 0) is 9.53 Å². The molecule has 1 aromatic rings. The number of hydrogen-bond donors (Lipinski definition) is 2. The lowest BCUT2D eigenvalue weighted by Crippen LogP contribution is -2.54. The third-order valence-corrected chi connectivity index (χ3v) is 2.74. The van der Waals surface area contributed by atoms with E-state index in [1.807, 2.05) is 0 Å². The number of hydrogen-bond acceptors (Lipinski definition) is 4. The Morgan fingerprint density at radius 2 is 2.28 bits per heavy atom. The van der Waals surface area contributed by atoms with E-state index in [0.29, 0.717) is 6.61 Å². The highest BCUT2D eigenvalue weighted by Crippen LogP contribution is 2.11. The van der Waals surface area contributed by atoms with Crippen molar-refractivity contribution in [3.05, 3.63) is 34.2 Å².